The Labute approximate surface area is 149 Å². The van der Waals surface area contributed by atoms with Crippen LogP contribution < -0.4 is 10.6 Å². The monoisotopic (exact) mass is 356 g/mol. The summed E-state index contributed by atoms with van der Waals surface area (Å²) in [5.74, 6) is -4.51. The molecule has 6 heteroatoms. The van der Waals surface area contributed by atoms with Gasteiger partial charge < -0.3 is 10.6 Å². The van der Waals surface area contributed by atoms with Gasteiger partial charge in [-0.1, -0.05) is 24.3 Å². The summed E-state index contributed by atoms with van der Waals surface area (Å²) in [5, 5.41) is 5.07. The van der Waals surface area contributed by atoms with Crippen LogP contribution >= 0.6 is 0 Å². The normalized spacial score (nSPS) is 21.4. The number of hydrogen-bond donors (Lipinski definition) is 2. The molecule has 4 rings (SSSR count). The maximum absolute atomic E-state index is 13.8. The number of anilines is 1. The molecule has 2 aliphatic rings. The van der Waals surface area contributed by atoms with E-state index in [1.54, 1.807) is 0 Å². The molecule has 0 bridgehead atoms. The number of carbonyl (C=O) groups is 2. The van der Waals surface area contributed by atoms with E-state index < -0.39 is 29.4 Å². The number of halogens is 2. The van der Waals surface area contributed by atoms with Crippen LogP contribution in [0.5, 0.6) is 0 Å². The Bertz CT molecular complexity index is 897. The summed E-state index contributed by atoms with van der Waals surface area (Å²) in [6, 6.07) is 9.63. The number of aryl methyl sites for hydroxylation is 2. The fourth-order valence-electron chi connectivity index (χ4n) is 3.87. The zero-order valence-electron chi connectivity index (χ0n) is 14.0. The number of benzene rings is 2. The number of nitrogens with one attached hydrogen (secondary N) is 2. The van der Waals surface area contributed by atoms with E-state index in [0.29, 0.717) is 6.54 Å². The standard InChI is InChI=1S/C20H18F2N2O2/c21-15-5-2-6-16(18(15)22)24-20(26)17-14(10-23-19(17)25)13-8-7-11-3-1-4-12(11)9-13/h2,5-9,14,17H,1,3-4,10H2,(H,23,25)(H,24,26)/t14-,17-/m1/s1. The van der Waals surface area contributed by atoms with Gasteiger partial charge >= 0.3 is 0 Å². The third kappa shape index (κ3) is 2.85. The number of amides is 2. The lowest BCUT2D eigenvalue weighted by atomic mass is 9.86. The molecule has 2 amide bonds. The quantitative estimate of drug-likeness (QED) is 0.831. The zero-order valence-corrected chi connectivity index (χ0v) is 14.0. The van der Waals surface area contributed by atoms with E-state index >= 15 is 0 Å². The van der Waals surface area contributed by atoms with Gasteiger partial charge in [0.25, 0.3) is 0 Å². The fourth-order valence-corrected chi connectivity index (χ4v) is 3.87. The van der Waals surface area contributed by atoms with Crippen LogP contribution in [0.3, 0.4) is 0 Å². The van der Waals surface area contributed by atoms with Crippen molar-refractivity contribution in [1.82, 2.24) is 5.32 Å². The maximum atomic E-state index is 13.8. The van der Waals surface area contributed by atoms with Crippen LogP contribution in [0.2, 0.25) is 0 Å². The van der Waals surface area contributed by atoms with Gasteiger partial charge in [0, 0.05) is 12.5 Å². The molecule has 0 radical (unpaired) electrons. The van der Waals surface area contributed by atoms with Crippen molar-refractivity contribution in [2.24, 2.45) is 5.92 Å². The second-order valence-corrected chi connectivity index (χ2v) is 6.80. The van der Waals surface area contributed by atoms with E-state index in [9.17, 15) is 18.4 Å². The number of fused-ring (bicyclic) bond motifs is 1. The average molecular weight is 356 g/mol. The van der Waals surface area contributed by atoms with Gasteiger partial charge in [-0.05, 0) is 48.1 Å². The molecule has 2 aromatic carbocycles. The topological polar surface area (TPSA) is 58.2 Å². The van der Waals surface area contributed by atoms with E-state index in [1.807, 2.05) is 6.07 Å². The first-order chi connectivity index (χ1) is 12.5. The highest BCUT2D eigenvalue weighted by Gasteiger charge is 2.41. The van der Waals surface area contributed by atoms with Crippen LogP contribution in [-0.2, 0) is 22.4 Å². The van der Waals surface area contributed by atoms with E-state index in [0.717, 1.165) is 30.9 Å². The molecule has 2 atom stereocenters. The molecule has 0 saturated carbocycles. The lowest BCUT2D eigenvalue weighted by molar-refractivity contribution is -0.130. The Kier molecular flexibility index (Phi) is 4.18. The SMILES string of the molecule is O=C1NC[C@H](c2ccc3c(c2)CCC3)[C@H]1C(=O)Nc1cccc(F)c1F. The molecule has 2 aromatic rings. The van der Waals surface area contributed by atoms with Gasteiger partial charge in [-0.3, -0.25) is 9.59 Å². The van der Waals surface area contributed by atoms with Gasteiger partial charge in [0.1, 0.15) is 5.92 Å². The number of hydrogen-bond acceptors (Lipinski definition) is 2. The van der Waals surface area contributed by atoms with Gasteiger partial charge in [0.05, 0.1) is 5.69 Å². The van der Waals surface area contributed by atoms with Crippen molar-refractivity contribution in [3.63, 3.8) is 0 Å². The van der Waals surface area contributed by atoms with Crippen molar-refractivity contribution in [3.05, 3.63) is 64.7 Å². The van der Waals surface area contributed by atoms with Crippen LogP contribution in [0.15, 0.2) is 36.4 Å². The van der Waals surface area contributed by atoms with Crippen LogP contribution in [0.25, 0.3) is 0 Å². The predicted octanol–water partition coefficient (Wildman–Crippen LogP) is 2.92. The van der Waals surface area contributed by atoms with Crippen molar-refractivity contribution in [3.8, 4) is 0 Å². The van der Waals surface area contributed by atoms with Crippen molar-refractivity contribution in [2.75, 3.05) is 11.9 Å². The third-order valence-corrected chi connectivity index (χ3v) is 5.22. The third-order valence-electron chi connectivity index (χ3n) is 5.22. The van der Waals surface area contributed by atoms with E-state index in [1.165, 1.54) is 23.3 Å². The molecule has 0 unspecified atom stereocenters. The molecule has 0 aromatic heterocycles. The van der Waals surface area contributed by atoms with Crippen LogP contribution in [0.1, 0.15) is 29.0 Å². The van der Waals surface area contributed by atoms with E-state index in [-0.39, 0.29) is 11.6 Å². The van der Waals surface area contributed by atoms with Gasteiger partial charge in [-0.25, -0.2) is 8.78 Å². The lowest BCUT2D eigenvalue weighted by Gasteiger charge is -2.18. The minimum Gasteiger partial charge on any atom is -0.355 e. The van der Waals surface area contributed by atoms with Crippen molar-refractivity contribution in [2.45, 2.75) is 25.2 Å². The van der Waals surface area contributed by atoms with E-state index in [2.05, 4.69) is 22.8 Å². The molecule has 2 N–H and O–H groups in total. The first-order valence-corrected chi connectivity index (χ1v) is 8.69. The molecule has 1 saturated heterocycles. The summed E-state index contributed by atoms with van der Waals surface area (Å²) in [5.41, 5.74) is 3.23. The first-order valence-electron chi connectivity index (χ1n) is 8.69. The molecule has 134 valence electrons. The smallest absolute Gasteiger partial charge is 0.237 e. The minimum atomic E-state index is -1.13. The Morgan fingerprint density at radius 3 is 2.77 bits per heavy atom. The largest absolute Gasteiger partial charge is 0.355 e. The highest BCUT2D eigenvalue weighted by Crippen LogP contribution is 2.33. The number of rotatable bonds is 3. The summed E-state index contributed by atoms with van der Waals surface area (Å²) in [6.07, 6.45) is 3.17. The Balaban J connectivity index is 1.60. The second-order valence-electron chi connectivity index (χ2n) is 6.80. The molecule has 1 fully saturated rings. The number of carbonyl (C=O) groups excluding carboxylic acids is 2. The molecule has 4 nitrogen and oxygen atoms in total. The molecule has 0 spiro atoms. The summed E-state index contributed by atoms with van der Waals surface area (Å²) < 4.78 is 27.2. The van der Waals surface area contributed by atoms with Gasteiger partial charge in [0.15, 0.2) is 11.6 Å². The average Bonchev–Trinajstić information content (AvgIpc) is 3.24. The predicted molar refractivity (Wildman–Crippen MR) is 92.7 cm³/mol. The fraction of sp³-hybridized carbons (Fsp3) is 0.300. The molecule has 1 aliphatic heterocycles. The summed E-state index contributed by atoms with van der Waals surface area (Å²) >= 11 is 0. The van der Waals surface area contributed by atoms with Crippen molar-refractivity contribution in [1.29, 1.82) is 0 Å². The van der Waals surface area contributed by atoms with Crippen molar-refractivity contribution >= 4 is 17.5 Å². The maximum Gasteiger partial charge on any atom is 0.237 e. The second kappa shape index (κ2) is 6.52. The Morgan fingerprint density at radius 2 is 1.92 bits per heavy atom. The highest BCUT2D eigenvalue weighted by molar-refractivity contribution is 6.08. The Hall–Kier alpha value is -2.76. The van der Waals surface area contributed by atoms with Crippen LogP contribution in [0.4, 0.5) is 14.5 Å². The summed E-state index contributed by atoms with van der Waals surface area (Å²) in [4.78, 5) is 24.9. The Morgan fingerprint density at radius 1 is 1.12 bits per heavy atom. The van der Waals surface area contributed by atoms with Gasteiger partial charge in [-0.2, -0.15) is 0 Å². The molecule has 1 heterocycles. The van der Waals surface area contributed by atoms with Crippen LogP contribution in [0, 0.1) is 17.6 Å². The first kappa shape index (κ1) is 16.7. The molecule has 1 aliphatic carbocycles. The lowest BCUT2D eigenvalue weighted by Crippen LogP contribution is -2.32. The molecule has 26 heavy (non-hydrogen) atoms. The van der Waals surface area contributed by atoms with Crippen LogP contribution in [-0.4, -0.2) is 18.4 Å². The molecular formula is C20H18F2N2O2. The highest BCUT2D eigenvalue weighted by atomic mass is 19.2. The van der Waals surface area contributed by atoms with Crippen molar-refractivity contribution < 1.29 is 18.4 Å². The molecular weight excluding hydrogens is 338 g/mol. The van der Waals surface area contributed by atoms with Gasteiger partial charge in [-0.15, -0.1) is 0 Å². The summed E-state index contributed by atoms with van der Waals surface area (Å²) in [7, 11) is 0. The minimum absolute atomic E-state index is 0.262. The summed E-state index contributed by atoms with van der Waals surface area (Å²) in [6.45, 7) is 0.349. The van der Waals surface area contributed by atoms with E-state index in [4.69, 9.17) is 0 Å². The zero-order chi connectivity index (χ0) is 18.3. The van der Waals surface area contributed by atoms with Gasteiger partial charge in [0.2, 0.25) is 11.8 Å².